The van der Waals surface area contributed by atoms with E-state index in [1.807, 2.05) is 43.3 Å². The van der Waals surface area contributed by atoms with Crippen LogP contribution in [0.3, 0.4) is 0 Å². The van der Waals surface area contributed by atoms with Gasteiger partial charge in [0, 0.05) is 24.7 Å². The van der Waals surface area contributed by atoms with Crippen molar-refractivity contribution >= 4 is 11.6 Å². The number of hydrogen-bond acceptors (Lipinski definition) is 4. The normalized spacial score (nSPS) is 13.5. The third-order valence-corrected chi connectivity index (χ3v) is 3.83. The molecule has 1 aliphatic heterocycles. The van der Waals surface area contributed by atoms with Gasteiger partial charge in [0.15, 0.2) is 17.5 Å². The zero-order valence-corrected chi connectivity index (χ0v) is 14.8. The number of fused-ring (bicyclic) bond motifs is 1. The van der Waals surface area contributed by atoms with Gasteiger partial charge in [-0.25, -0.2) is 4.99 Å². The van der Waals surface area contributed by atoms with Crippen molar-refractivity contribution in [3.63, 3.8) is 0 Å². The number of benzene rings is 2. The van der Waals surface area contributed by atoms with Gasteiger partial charge >= 0.3 is 0 Å². The summed E-state index contributed by atoms with van der Waals surface area (Å²) in [4.78, 5) is 4.60. The SMILES string of the molecule is CCNC(=NCc1cccc(C#N)c1)Nc1ccc2c(c1)OCCCO2. The molecule has 1 aliphatic rings. The third kappa shape index (κ3) is 4.67. The van der Waals surface area contributed by atoms with Gasteiger partial charge < -0.3 is 20.1 Å². The second-order valence-corrected chi connectivity index (χ2v) is 5.84. The Labute approximate surface area is 153 Å². The van der Waals surface area contributed by atoms with Crippen molar-refractivity contribution in [1.82, 2.24) is 5.32 Å². The number of nitrogens with one attached hydrogen (secondary N) is 2. The van der Waals surface area contributed by atoms with Crippen LogP contribution in [0.15, 0.2) is 47.5 Å². The molecule has 6 nitrogen and oxygen atoms in total. The maximum absolute atomic E-state index is 9.00. The van der Waals surface area contributed by atoms with Crippen LogP contribution in [0.1, 0.15) is 24.5 Å². The molecule has 26 heavy (non-hydrogen) atoms. The van der Waals surface area contributed by atoms with Gasteiger partial charge in [-0.15, -0.1) is 0 Å². The van der Waals surface area contributed by atoms with Crippen LogP contribution in [0.2, 0.25) is 0 Å². The summed E-state index contributed by atoms with van der Waals surface area (Å²) in [5, 5.41) is 15.5. The Balaban J connectivity index is 1.73. The zero-order chi connectivity index (χ0) is 18.2. The van der Waals surface area contributed by atoms with Crippen LogP contribution in [0.4, 0.5) is 5.69 Å². The van der Waals surface area contributed by atoms with Crippen molar-refractivity contribution in [2.75, 3.05) is 25.1 Å². The average molecular weight is 350 g/mol. The van der Waals surface area contributed by atoms with Crippen LogP contribution in [-0.2, 0) is 6.54 Å². The number of nitriles is 1. The molecule has 6 heteroatoms. The van der Waals surface area contributed by atoms with Crippen LogP contribution in [0.5, 0.6) is 11.5 Å². The fraction of sp³-hybridized carbons (Fsp3) is 0.300. The minimum atomic E-state index is 0.482. The standard InChI is InChI=1S/C20H22N4O2/c1-2-22-20(23-14-16-6-3-5-15(11-16)13-21)24-17-7-8-18-19(12-17)26-10-4-9-25-18/h3,5-8,11-12H,2,4,9-10,14H2,1H3,(H2,22,23,24). The molecule has 0 amide bonds. The third-order valence-electron chi connectivity index (χ3n) is 3.83. The summed E-state index contributed by atoms with van der Waals surface area (Å²) in [5.41, 5.74) is 2.50. The van der Waals surface area contributed by atoms with Crippen LogP contribution < -0.4 is 20.1 Å². The molecule has 2 aromatic carbocycles. The largest absolute Gasteiger partial charge is 0.490 e. The summed E-state index contributed by atoms with van der Waals surface area (Å²) >= 11 is 0. The van der Waals surface area contributed by atoms with E-state index in [-0.39, 0.29) is 0 Å². The van der Waals surface area contributed by atoms with E-state index < -0.39 is 0 Å². The molecule has 0 saturated heterocycles. The van der Waals surface area contributed by atoms with Gasteiger partial charge in [0.1, 0.15) is 0 Å². The Morgan fingerprint density at radius 3 is 2.81 bits per heavy atom. The van der Waals surface area contributed by atoms with Gasteiger partial charge in [0.05, 0.1) is 31.4 Å². The molecule has 3 rings (SSSR count). The first kappa shape index (κ1) is 17.6. The lowest BCUT2D eigenvalue weighted by Crippen LogP contribution is -2.30. The number of hydrogen-bond donors (Lipinski definition) is 2. The lowest BCUT2D eigenvalue weighted by molar-refractivity contribution is 0.297. The number of anilines is 1. The Bertz CT molecular complexity index is 827. The average Bonchev–Trinajstić information content (AvgIpc) is 2.91. The summed E-state index contributed by atoms with van der Waals surface area (Å²) in [6, 6.07) is 15.4. The second-order valence-electron chi connectivity index (χ2n) is 5.84. The highest BCUT2D eigenvalue weighted by atomic mass is 16.5. The van der Waals surface area contributed by atoms with Gasteiger partial charge in [-0.2, -0.15) is 5.26 Å². The minimum Gasteiger partial charge on any atom is -0.490 e. The molecule has 1 heterocycles. The quantitative estimate of drug-likeness (QED) is 0.653. The number of ether oxygens (including phenoxy) is 2. The van der Waals surface area contributed by atoms with Gasteiger partial charge in [0.2, 0.25) is 0 Å². The van der Waals surface area contributed by atoms with Crippen LogP contribution >= 0.6 is 0 Å². The van der Waals surface area contributed by atoms with Crippen molar-refractivity contribution in [1.29, 1.82) is 5.26 Å². The highest BCUT2D eigenvalue weighted by molar-refractivity contribution is 5.93. The molecule has 134 valence electrons. The van der Waals surface area contributed by atoms with E-state index in [0.717, 1.165) is 35.7 Å². The Kier molecular flexibility index (Phi) is 5.94. The van der Waals surface area contributed by atoms with Crippen LogP contribution in [0, 0.1) is 11.3 Å². The fourth-order valence-electron chi connectivity index (χ4n) is 2.59. The Morgan fingerprint density at radius 2 is 2.00 bits per heavy atom. The first-order valence-electron chi connectivity index (χ1n) is 8.72. The van der Waals surface area contributed by atoms with Gasteiger partial charge in [0.25, 0.3) is 0 Å². The van der Waals surface area contributed by atoms with E-state index in [1.165, 1.54) is 0 Å². The van der Waals surface area contributed by atoms with E-state index in [2.05, 4.69) is 21.7 Å². The number of guanidine groups is 1. The van der Waals surface area contributed by atoms with Crippen molar-refractivity contribution in [2.24, 2.45) is 4.99 Å². The molecule has 0 spiro atoms. The lowest BCUT2D eigenvalue weighted by atomic mass is 10.1. The zero-order valence-electron chi connectivity index (χ0n) is 14.8. The van der Waals surface area contributed by atoms with E-state index in [1.54, 1.807) is 6.07 Å². The summed E-state index contributed by atoms with van der Waals surface area (Å²) in [6.45, 7) is 4.57. The molecule has 0 fully saturated rings. The Morgan fingerprint density at radius 1 is 1.15 bits per heavy atom. The topological polar surface area (TPSA) is 78.7 Å². The van der Waals surface area contributed by atoms with Crippen molar-refractivity contribution in [3.05, 3.63) is 53.6 Å². The molecular weight excluding hydrogens is 328 g/mol. The monoisotopic (exact) mass is 350 g/mol. The molecule has 0 radical (unpaired) electrons. The Hall–Kier alpha value is -3.20. The molecule has 0 atom stereocenters. The first-order valence-corrected chi connectivity index (χ1v) is 8.72. The summed E-state index contributed by atoms with van der Waals surface area (Å²) in [6.07, 6.45) is 0.878. The highest BCUT2D eigenvalue weighted by Crippen LogP contribution is 2.32. The molecule has 0 bridgehead atoms. The van der Waals surface area contributed by atoms with Crippen LogP contribution in [-0.4, -0.2) is 25.7 Å². The van der Waals surface area contributed by atoms with Crippen LogP contribution in [0.25, 0.3) is 0 Å². The van der Waals surface area contributed by atoms with Gasteiger partial charge in [-0.3, -0.25) is 0 Å². The summed E-state index contributed by atoms with van der Waals surface area (Å²) in [5.74, 6) is 2.18. The fourth-order valence-corrected chi connectivity index (χ4v) is 2.59. The molecule has 0 aliphatic carbocycles. The maximum atomic E-state index is 9.00. The number of aliphatic imine (C=N–C) groups is 1. The molecular formula is C20H22N4O2. The van der Waals surface area contributed by atoms with E-state index in [0.29, 0.717) is 31.3 Å². The molecule has 0 unspecified atom stereocenters. The van der Waals surface area contributed by atoms with Crippen molar-refractivity contribution in [2.45, 2.75) is 19.9 Å². The summed E-state index contributed by atoms with van der Waals surface area (Å²) < 4.78 is 11.4. The van der Waals surface area contributed by atoms with Gasteiger partial charge in [-0.1, -0.05) is 12.1 Å². The second kappa shape index (κ2) is 8.77. The minimum absolute atomic E-state index is 0.482. The predicted octanol–water partition coefficient (Wildman–Crippen LogP) is 3.30. The van der Waals surface area contributed by atoms with Gasteiger partial charge in [-0.05, 0) is 36.8 Å². The van der Waals surface area contributed by atoms with Crippen molar-refractivity contribution < 1.29 is 9.47 Å². The molecule has 0 saturated carbocycles. The van der Waals surface area contributed by atoms with Crippen molar-refractivity contribution in [3.8, 4) is 17.6 Å². The lowest BCUT2D eigenvalue weighted by Gasteiger charge is -2.13. The van der Waals surface area contributed by atoms with E-state index >= 15 is 0 Å². The molecule has 0 aromatic heterocycles. The predicted molar refractivity (Wildman–Crippen MR) is 102 cm³/mol. The first-order chi connectivity index (χ1) is 12.8. The highest BCUT2D eigenvalue weighted by Gasteiger charge is 2.11. The van der Waals surface area contributed by atoms with E-state index in [4.69, 9.17) is 14.7 Å². The number of nitrogens with zero attached hydrogens (tertiary/aromatic N) is 2. The smallest absolute Gasteiger partial charge is 0.196 e. The maximum Gasteiger partial charge on any atom is 0.196 e. The summed E-state index contributed by atoms with van der Waals surface area (Å²) in [7, 11) is 0. The molecule has 2 N–H and O–H groups in total. The molecule has 2 aromatic rings. The van der Waals surface area contributed by atoms with E-state index in [9.17, 15) is 0 Å². The number of rotatable bonds is 4.